The monoisotopic (exact) mass is 306 g/mol. The fraction of sp³-hybridized carbons (Fsp3) is 0.632. The third-order valence-corrected chi connectivity index (χ3v) is 4.18. The summed E-state index contributed by atoms with van der Waals surface area (Å²) in [5.41, 5.74) is 1.32. The molecule has 0 saturated carbocycles. The quantitative estimate of drug-likeness (QED) is 0.606. The Kier molecular flexibility index (Phi) is 8.00. The minimum atomic E-state index is -0.234. The highest BCUT2D eigenvalue weighted by molar-refractivity contribution is 5.72. The van der Waals surface area contributed by atoms with Gasteiger partial charge in [-0.25, -0.2) is 0 Å². The molecule has 0 bridgehead atoms. The summed E-state index contributed by atoms with van der Waals surface area (Å²) in [6.07, 6.45) is 2.53. The number of rotatable bonds is 9. The van der Waals surface area contributed by atoms with Crippen molar-refractivity contribution < 1.29 is 14.3 Å². The molecule has 0 saturated heterocycles. The van der Waals surface area contributed by atoms with E-state index in [2.05, 4.69) is 26.0 Å². The fourth-order valence-electron chi connectivity index (χ4n) is 2.29. The van der Waals surface area contributed by atoms with Crippen LogP contribution in [0.4, 0.5) is 0 Å². The van der Waals surface area contributed by atoms with Crippen LogP contribution in [-0.2, 0) is 9.53 Å². The van der Waals surface area contributed by atoms with E-state index in [0.29, 0.717) is 12.5 Å². The van der Waals surface area contributed by atoms with Gasteiger partial charge in [0.05, 0.1) is 5.92 Å². The Balaban J connectivity index is 2.43. The normalized spacial score (nSPS) is 13.7. The van der Waals surface area contributed by atoms with Crippen LogP contribution in [0.5, 0.6) is 5.75 Å². The van der Waals surface area contributed by atoms with E-state index in [4.69, 9.17) is 9.47 Å². The Bertz CT molecular complexity index is 434. The predicted octanol–water partition coefficient (Wildman–Crippen LogP) is 4.95. The van der Waals surface area contributed by atoms with Gasteiger partial charge < -0.3 is 9.47 Å². The van der Waals surface area contributed by atoms with Crippen LogP contribution >= 0.6 is 0 Å². The van der Waals surface area contributed by atoms with Crippen LogP contribution in [0, 0.1) is 5.92 Å². The second-order valence-electron chi connectivity index (χ2n) is 5.95. The predicted molar refractivity (Wildman–Crippen MR) is 90.3 cm³/mol. The third-order valence-electron chi connectivity index (χ3n) is 4.18. The maximum atomic E-state index is 11.9. The molecule has 3 nitrogen and oxygen atoms in total. The molecule has 1 aromatic carbocycles. The highest BCUT2D eigenvalue weighted by atomic mass is 16.6. The molecule has 0 fully saturated rings. The maximum absolute atomic E-state index is 11.9. The standard InChI is InChI=1S/C19H30O3/c1-6-14(4)17-9-11-18(12-10-17)21-13-15(5)22-19(20)16(7-2)8-3/h9-12,14-16H,6-8,13H2,1-5H3. The summed E-state index contributed by atoms with van der Waals surface area (Å²) in [7, 11) is 0. The highest BCUT2D eigenvalue weighted by Gasteiger charge is 2.18. The molecule has 124 valence electrons. The van der Waals surface area contributed by atoms with Crippen molar-refractivity contribution >= 4 is 5.97 Å². The summed E-state index contributed by atoms with van der Waals surface area (Å²) in [6, 6.07) is 8.17. The van der Waals surface area contributed by atoms with Crippen molar-refractivity contribution in [2.45, 2.75) is 65.9 Å². The molecule has 0 amide bonds. The number of ether oxygens (including phenoxy) is 2. The lowest BCUT2D eigenvalue weighted by Gasteiger charge is -2.18. The molecule has 0 aliphatic rings. The smallest absolute Gasteiger partial charge is 0.309 e. The number of carbonyl (C=O) groups is 1. The number of benzene rings is 1. The summed E-state index contributed by atoms with van der Waals surface area (Å²) in [4.78, 5) is 11.9. The highest BCUT2D eigenvalue weighted by Crippen LogP contribution is 2.21. The van der Waals surface area contributed by atoms with Gasteiger partial charge in [0, 0.05) is 0 Å². The zero-order chi connectivity index (χ0) is 16.5. The van der Waals surface area contributed by atoms with Gasteiger partial charge in [-0.05, 0) is 49.8 Å². The van der Waals surface area contributed by atoms with Gasteiger partial charge in [-0.2, -0.15) is 0 Å². The molecule has 0 aromatic heterocycles. The van der Waals surface area contributed by atoms with E-state index in [1.54, 1.807) is 0 Å². The number of hydrogen-bond donors (Lipinski definition) is 0. The Hall–Kier alpha value is -1.51. The Labute approximate surface area is 135 Å². The number of carbonyl (C=O) groups excluding carboxylic acids is 1. The van der Waals surface area contributed by atoms with Gasteiger partial charge in [0.2, 0.25) is 0 Å². The number of hydrogen-bond acceptors (Lipinski definition) is 3. The van der Waals surface area contributed by atoms with Crippen LogP contribution in [0.15, 0.2) is 24.3 Å². The van der Waals surface area contributed by atoms with Crippen molar-refractivity contribution in [2.24, 2.45) is 5.92 Å². The molecule has 0 radical (unpaired) electrons. The van der Waals surface area contributed by atoms with Gasteiger partial charge in [-0.15, -0.1) is 0 Å². The molecule has 0 N–H and O–H groups in total. The van der Waals surface area contributed by atoms with Crippen molar-refractivity contribution in [3.8, 4) is 5.75 Å². The number of esters is 1. The Morgan fingerprint density at radius 2 is 1.59 bits per heavy atom. The molecular formula is C19H30O3. The van der Waals surface area contributed by atoms with E-state index in [0.717, 1.165) is 25.0 Å². The van der Waals surface area contributed by atoms with E-state index in [1.807, 2.05) is 32.9 Å². The van der Waals surface area contributed by atoms with Crippen molar-refractivity contribution in [1.29, 1.82) is 0 Å². The van der Waals surface area contributed by atoms with Crippen molar-refractivity contribution in [2.75, 3.05) is 6.61 Å². The molecule has 3 heteroatoms. The Morgan fingerprint density at radius 1 is 1.00 bits per heavy atom. The average molecular weight is 306 g/mol. The third kappa shape index (κ3) is 5.70. The first kappa shape index (κ1) is 18.5. The van der Waals surface area contributed by atoms with E-state index in [-0.39, 0.29) is 18.0 Å². The molecule has 0 aliphatic carbocycles. The second-order valence-corrected chi connectivity index (χ2v) is 5.95. The van der Waals surface area contributed by atoms with E-state index >= 15 is 0 Å². The van der Waals surface area contributed by atoms with Crippen LogP contribution in [0.1, 0.15) is 65.4 Å². The lowest BCUT2D eigenvalue weighted by molar-refractivity contribution is -0.154. The van der Waals surface area contributed by atoms with Gasteiger partial charge in [-0.3, -0.25) is 4.79 Å². The van der Waals surface area contributed by atoms with Crippen LogP contribution in [-0.4, -0.2) is 18.7 Å². The molecule has 0 spiro atoms. The first-order chi connectivity index (χ1) is 10.5. The van der Waals surface area contributed by atoms with Crippen molar-refractivity contribution in [3.05, 3.63) is 29.8 Å². The molecule has 2 atom stereocenters. The van der Waals surface area contributed by atoms with Crippen LogP contribution < -0.4 is 4.74 Å². The first-order valence-electron chi connectivity index (χ1n) is 8.44. The molecule has 0 aliphatic heterocycles. The Morgan fingerprint density at radius 3 is 2.09 bits per heavy atom. The van der Waals surface area contributed by atoms with Crippen molar-refractivity contribution in [1.82, 2.24) is 0 Å². The molecular weight excluding hydrogens is 276 g/mol. The lowest BCUT2D eigenvalue weighted by atomic mass is 9.99. The molecule has 0 heterocycles. The first-order valence-corrected chi connectivity index (χ1v) is 8.44. The topological polar surface area (TPSA) is 35.5 Å². The molecule has 1 rings (SSSR count). The largest absolute Gasteiger partial charge is 0.490 e. The summed E-state index contributed by atoms with van der Waals surface area (Å²) in [6.45, 7) is 10.7. The fourth-order valence-corrected chi connectivity index (χ4v) is 2.29. The van der Waals surface area contributed by atoms with E-state index < -0.39 is 0 Å². The van der Waals surface area contributed by atoms with Crippen LogP contribution in [0.3, 0.4) is 0 Å². The second kappa shape index (κ2) is 9.50. The summed E-state index contributed by atoms with van der Waals surface area (Å²) in [5.74, 6) is 1.26. The summed E-state index contributed by atoms with van der Waals surface area (Å²) < 4.78 is 11.1. The molecule has 1 aromatic rings. The minimum absolute atomic E-state index is 0.00253. The van der Waals surface area contributed by atoms with Gasteiger partial charge in [0.1, 0.15) is 18.5 Å². The van der Waals surface area contributed by atoms with Crippen LogP contribution in [0.2, 0.25) is 0 Å². The van der Waals surface area contributed by atoms with Crippen LogP contribution in [0.25, 0.3) is 0 Å². The van der Waals surface area contributed by atoms with E-state index in [1.165, 1.54) is 5.56 Å². The van der Waals surface area contributed by atoms with Gasteiger partial charge in [0.25, 0.3) is 0 Å². The van der Waals surface area contributed by atoms with E-state index in [9.17, 15) is 4.79 Å². The van der Waals surface area contributed by atoms with Gasteiger partial charge in [-0.1, -0.05) is 39.8 Å². The molecule has 22 heavy (non-hydrogen) atoms. The SMILES string of the molecule is CCC(CC)C(=O)OC(C)COc1ccc(C(C)CC)cc1. The summed E-state index contributed by atoms with van der Waals surface area (Å²) >= 11 is 0. The zero-order valence-electron chi connectivity index (χ0n) is 14.6. The maximum Gasteiger partial charge on any atom is 0.309 e. The van der Waals surface area contributed by atoms with Gasteiger partial charge >= 0.3 is 5.97 Å². The minimum Gasteiger partial charge on any atom is -0.490 e. The molecule has 2 unspecified atom stereocenters. The average Bonchev–Trinajstić information content (AvgIpc) is 2.53. The lowest BCUT2D eigenvalue weighted by Crippen LogP contribution is -2.26. The summed E-state index contributed by atoms with van der Waals surface area (Å²) in [5, 5.41) is 0. The zero-order valence-corrected chi connectivity index (χ0v) is 14.6. The van der Waals surface area contributed by atoms with Crippen molar-refractivity contribution in [3.63, 3.8) is 0 Å². The van der Waals surface area contributed by atoms with Gasteiger partial charge in [0.15, 0.2) is 0 Å².